The van der Waals surface area contributed by atoms with Crippen molar-refractivity contribution in [3.63, 3.8) is 0 Å². The second-order valence-electron chi connectivity index (χ2n) is 7.47. The molecule has 2 aromatic carbocycles. The maximum Gasteiger partial charge on any atom is 0.228 e. The minimum Gasteiger partial charge on any atom is -0.459 e. The van der Waals surface area contributed by atoms with Crippen LogP contribution in [0.5, 0.6) is 0 Å². The summed E-state index contributed by atoms with van der Waals surface area (Å²) in [6.07, 6.45) is 0.267. The first-order chi connectivity index (χ1) is 13.5. The van der Waals surface area contributed by atoms with Crippen molar-refractivity contribution < 1.29 is 14.0 Å². The predicted molar refractivity (Wildman–Crippen MR) is 107 cm³/mol. The predicted octanol–water partition coefficient (Wildman–Crippen LogP) is 4.00. The van der Waals surface area contributed by atoms with Crippen molar-refractivity contribution in [2.24, 2.45) is 5.92 Å². The molecule has 2 atom stereocenters. The van der Waals surface area contributed by atoms with Gasteiger partial charge < -0.3 is 14.2 Å². The Morgan fingerprint density at radius 3 is 2.64 bits per heavy atom. The van der Waals surface area contributed by atoms with E-state index in [0.717, 1.165) is 22.3 Å². The van der Waals surface area contributed by atoms with Gasteiger partial charge in [-0.15, -0.1) is 0 Å². The Bertz CT molecular complexity index is 962. The van der Waals surface area contributed by atoms with Gasteiger partial charge in [0.25, 0.3) is 0 Å². The standard InChI is InChI=1S/C23H24N2O3/c1-16(21-12-18-10-6-7-11-20(18)28-21)24(2)23(27)19-13-22(26)25(15-19)14-17-8-4-3-5-9-17/h3-12,16,19H,13-15H2,1-2H3. The van der Waals surface area contributed by atoms with Crippen LogP contribution in [0.1, 0.15) is 30.7 Å². The zero-order valence-electron chi connectivity index (χ0n) is 16.2. The lowest BCUT2D eigenvalue weighted by atomic mass is 10.1. The van der Waals surface area contributed by atoms with Crippen LogP contribution < -0.4 is 0 Å². The van der Waals surface area contributed by atoms with Crippen LogP contribution in [-0.2, 0) is 16.1 Å². The molecule has 144 valence electrons. The van der Waals surface area contributed by atoms with Gasteiger partial charge in [-0.05, 0) is 24.6 Å². The van der Waals surface area contributed by atoms with Crippen LogP contribution >= 0.6 is 0 Å². The molecule has 0 saturated carbocycles. The molecule has 1 fully saturated rings. The minimum atomic E-state index is -0.312. The third kappa shape index (κ3) is 3.52. The smallest absolute Gasteiger partial charge is 0.228 e. The van der Waals surface area contributed by atoms with E-state index in [4.69, 9.17) is 4.42 Å². The number of hydrogen-bond acceptors (Lipinski definition) is 3. The second kappa shape index (κ2) is 7.50. The van der Waals surface area contributed by atoms with Gasteiger partial charge in [-0.25, -0.2) is 0 Å². The highest BCUT2D eigenvalue weighted by molar-refractivity contribution is 5.89. The van der Waals surface area contributed by atoms with E-state index in [-0.39, 0.29) is 30.2 Å². The molecule has 0 N–H and O–H groups in total. The molecule has 5 heteroatoms. The number of rotatable bonds is 5. The number of hydrogen-bond donors (Lipinski definition) is 0. The lowest BCUT2D eigenvalue weighted by Gasteiger charge is -2.26. The van der Waals surface area contributed by atoms with Gasteiger partial charge in [0.15, 0.2) is 0 Å². The van der Waals surface area contributed by atoms with Crippen LogP contribution in [0, 0.1) is 5.92 Å². The van der Waals surface area contributed by atoms with Gasteiger partial charge >= 0.3 is 0 Å². The van der Waals surface area contributed by atoms with E-state index in [0.29, 0.717) is 13.1 Å². The van der Waals surface area contributed by atoms with Crippen molar-refractivity contribution in [2.45, 2.75) is 25.9 Å². The summed E-state index contributed by atoms with van der Waals surface area (Å²) in [5, 5.41) is 1.02. The van der Waals surface area contributed by atoms with Gasteiger partial charge in [0.1, 0.15) is 11.3 Å². The number of likely N-dealkylation sites (tertiary alicyclic amines) is 1. The average Bonchev–Trinajstić information content (AvgIpc) is 3.31. The highest BCUT2D eigenvalue weighted by Gasteiger charge is 2.37. The van der Waals surface area contributed by atoms with E-state index in [2.05, 4.69) is 0 Å². The SMILES string of the molecule is CC(c1cc2ccccc2o1)N(C)C(=O)C1CC(=O)N(Cc2ccccc2)C1. The molecule has 2 unspecified atom stereocenters. The topological polar surface area (TPSA) is 53.8 Å². The molecule has 4 rings (SSSR count). The van der Waals surface area contributed by atoms with E-state index in [1.165, 1.54) is 0 Å². The lowest BCUT2D eigenvalue weighted by molar-refractivity contribution is -0.136. The Morgan fingerprint density at radius 1 is 1.18 bits per heavy atom. The van der Waals surface area contributed by atoms with E-state index in [1.807, 2.05) is 67.6 Å². The summed E-state index contributed by atoms with van der Waals surface area (Å²) >= 11 is 0. The number of carbonyl (C=O) groups excluding carboxylic acids is 2. The molecule has 1 aromatic heterocycles. The average molecular weight is 376 g/mol. The van der Waals surface area contributed by atoms with Gasteiger partial charge in [-0.1, -0.05) is 48.5 Å². The number of nitrogens with zero attached hydrogens (tertiary/aromatic N) is 2. The van der Waals surface area contributed by atoms with Crippen LogP contribution in [0.4, 0.5) is 0 Å². The maximum atomic E-state index is 13.0. The molecule has 2 heterocycles. The molecule has 0 spiro atoms. The second-order valence-corrected chi connectivity index (χ2v) is 7.47. The van der Waals surface area contributed by atoms with Crippen molar-refractivity contribution in [3.8, 4) is 0 Å². The summed E-state index contributed by atoms with van der Waals surface area (Å²) in [6, 6.07) is 19.5. The third-order valence-corrected chi connectivity index (χ3v) is 5.56. The van der Waals surface area contributed by atoms with Gasteiger partial charge in [0, 0.05) is 31.9 Å². The first-order valence-electron chi connectivity index (χ1n) is 9.60. The molecular weight excluding hydrogens is 352 g/mol. The van der Waals surface area contributed by atoms with Gasteiger partial charge in [-0.2, -0.15) is 0 Å². The zero-order chi connectivity index (χ0) is 19.7. The van der Waals surface area contributed by atoms with E-state index < -0.39 is 0 Å². The Labute approximate surface area is 164 Å². The number of amides is 2. The summed E-state index contributed by atoms with van der Waals surface area (Å²) in [6.45, 7) is 2.96. The molecule has 0 aliphatic carbocycles. The van der Waals surface area contributed by atoms with Gasteiger partial charge in [0.05, 0.1) is 12.0 Å². The van der Waals surface area contributed by atoms with Gasteiger partial charge in [-0.3, -0.25) is 9.59 Å². The summed E-state index contributed by atoms with van der Waals surface area (Å²) in [4.78, 5) is 28.9. The fourth-order valence-electron chi connectivity index (χ4n) is 3.77. The van der Waals surface area contributed by atoms with Crippen LogP contribution in [0.2, 0.25) is 0 Å². The zero-order valence-corrected chi connectivity index (χ0v) is 16.2. The molecule has 0 bridgehead atoms. The number of carbonyl (C=O) groups is 2. The Morgan fingerprint density at radius 2 is 1.89 bits per heavy atom. The Hall–Kier alpha value is -3.08. The normalized spacial score (nSPS) is 17.9. The van der Waals surface area contributed by atoms with E-state index >= 15 is 0 Å². The molecule has 28 heavy (non-hydrogen) atoms. The highest BCUT2D eigenvalue weighted by atomic mass is 16.3. The first-order valence-corrected chi connectivity index (χ1v) is 9.60. The minimum absolute atomic E-state index is 0.0168. The lowest BCUT2D eigenvalue weighted by Crippen LogP contribution is -2.36. The maximum absolute atomic E-state index is 13.0. The fourth-order valence-corrected chi connectivity index (χ4v) is 3.77. The molecule has 0 radical (unpaired) electrons. The number of fused-ring (bicyclic) bond motifs is 1. The molecule has 2 amide bonds. The molecule has 1 aliphatic heterocycles. The van der Waals surface area contributed by atoms with Crippen molar-refractivity contribution in [1.29, 1.82) is 0 Å². The van der Waals surface area contributed by atoms with E-state index in [9.17, 15) is 9.59 Å². The molecule has 1 aliphatic rings. The fraction of sp³-hybridized carbons (Fsp3) is 0.304. The Kier molecular flexibility index (Phi) is 4.90. The molecule has 3 aromatic rings. The van der Waals surface area contributed by atoms with Crippen LogP contribution in [0.25, 0.3) is 11.0 Å². The number of furan rings is 1. The number of para-hydroxylation sites is 1. The monoisotopic (exact) mass is 376 g/mol. The largest absolute Gasteiger partial charge is 0.459 e. The summed E-state index contributed by atoms with van der Waals surface area (Å²) < 4.78 is 5.91. The highest BCUT2D eigenvalue weighted by Crippen LogP contribution is 2.29. The summed E-state index contributed by atoms with van der Waals surface area (Å²) in [5.74, 6) is 0.458. The van der Waals surface area contributed by atoms with Crippen molar-refractivity contribution in [1.82, 2.24) is 9.80 Å². The number of benzene rings is 2. The van der Waals surface area contributed by atoms with Crippen LogP contribution in [0.15, 0.2) is 65.1 Å². The third-order valence-electron chi connectivity index (χ3n) is 5.56. The summed E-state index contributed by atoms with van der Waals surface area (Å²) in [5.41, 5.74) is 1.89. The van der Waals surface area contributed by atoms with E-state index in [1.54, 1.807) is 16.8 Å². The first kappa shape index (κ1) is 18.3. The van der Waals surface area contributed by atoms with Crippen molar-refractivity contribution >= 4 is 22.8 Å². The quantitative estimate of drug-likeness (QED) is 0.676. The molecular formula is C23H24N2O3. The molecule has 5 nitrogen and oxygen atoms in total. The Balaban J connectivity index is 1.44. The van der Waals surface area contributed by atoms with Crippen molar-refractivity contribution in [3.05, 3.63) is 72.0 Å². The van der Waals surface area contributed by atoms with Crippen LogP contribution in [0.3, 0.4) is 0 Å². The van der Waals surface area contributed by atoms with Gasteiger partial charge in [0.2, 0.25) is 11.8 Å². The van der Waals surface area contributed by atoms with Crippen molar-refractivity contribution in [2.75, 3.05) is 13.6 Å². The molecule has 1 saturated heterocycles. The van der Waals surface area contributed by atoms with Crippen LogP contribution in [-0.4, -0.2) is 35.2 Å². The summed E-state index contributed by atoms with van der Waals surface area (Å²) in [7, 11) is 1.78.